The molecule has 2 fully saturated rings. The van der Waals surface area contributed by atoms with Gasteiger partial charge in [0, 0.05) is 5.56 Å². The molecule has 27 heavy (non-hydrogen) atoms. The molecule has 1 heterocycles. The van der Waals surface area contributed by atoms with E-state index in [0.717, 1.165) is 11.5 Å². The molecule has 1 aromatic carbocycles. The molecular weight excluding hydrogens is 332 g/mol. The van der Waals surface area contributed by atoms with Gasteiger partial charge in [0.25, 0.3) is 0 Å². The van der Waals surface area contributed by atoms with Crippen LogP contribution in [0.5, 0.6) is 0 Å². The van der Waals surface area contributed by atoms with Gasteiger partial charge in [0.05, 0.1) is 17.9 Å². The van der Waals surface area contributed by atoms with E-state index in [4.69, 9.17) is 10.2 Å². The van der Waals surface area contributed by atoms with Crippen molar-refractivity contribution in [3.63, 3.8) is 0 Å². The lowest BCUT2D eigenvalue weighted by Crippen LogP contribution is -2.12. The molecule has 0 atom stereocenters. The zero-order valence-electron chi connectivity index (χ0n) is 16.4. The molecule has 0 radical (unpaired) electrons. The van der Waals surface area contributed by atoms with Crippen molar-refractivity contribution in [3.05, 3.63) is 42.1 Å². The van der Waals surface area contributed by atoms with Crippen molar-refractivity contribution < 1.29 is 0 Å². The van der Waals surface area contributed by atoms with Gasteiger partial charge in [0.2, 0.25) is 0 Å². The highest BCUT2D eigenvalue weighted by Gasteiger charge is 2.25. The zero-order chi connectivity index (χ0) is 18.3. The summed E-state index contributed by atoms with van der Waals surface area (Å²) in [7, 11) is 0. The maximum absolute atomic E-state index is 4.86. The standard InChI is InChI=1S/C23H32N4/c1-2-10-16-21(17-11-3-1)27-23(26-25-20-14-8-5-9-15-20)22(18-24-27)19-12-6-4-7-13-19/h5,8-9,14-15,18-19,21H,1-4,6-7,10-13,16-17H2. The summed E-state index contributed by atoms with van der Waals surface area (Å²) >= 11 is 0. The number of benzene rings is 1. The Bertz CT molecular complexity index is 720. The largest absolute Gasteiger partial charge is 0.243 e. The molecule has 2 saturated carbocycles. The third-order valence-electron chi connectivity index (χ3n) is 6.28. The van der Waals surface area contributed by atoms with Crippen LogP contribution in [0.25, 0.3) is 0 Å². The number of aromatic nitrogens is 2. The summed E-state index contributed by atoms with van der Waals surface area (Å²) in [6.07, 6.45) is 17.8. The van der Waals surface area contributed by atoms with E-state index in [9.17, 15) is 0 Å². The van der Waals surface area contributed by atoms with Crippen LogP contribution < -0.4 is 0 Å². The topological polar surface area (TPSA) is 42.5 Å². The molecule has 0 spiro atoms. The van der Waals surface area contributed by atoms with Gasteiger partial charge in [0.1, 0.15) is 0 Å². The van der Waals surface area contributed by atoms with Crippen molar-refractivity contribution in [2.45, 2.75) is 89.0 Å². The first-order valence-corrected chi connectivity index (χ1v) is 11.0. The average Bonchev–Trinajstić information content (AvgIpc) is 3.11. The average molecular weight is 365 g/mol. The van der Waals surface area contributed by atoms with Crippen LogP contribution >= 0.6 is 0 Å². The predicted molar refractivity (Wildman–Crippen MR) is 110 cm³/mol. The molecule has 2 aliphatic rings. The van der Waals surface area contributed by atoms with Crippen molar-refractivity contribution in [2.24, 2.45) is 10.2 Å². The summed E-state index contributed by atoms with van der Waals surface area (Å²) in [6, 6.07) is 10.6. The lowest BCUT2D eigenvalue weighted by molar-refractivity contribution is 0.349. The van der Waals surface area contributed by atoms with Crippen LogP contribution in [0.3, 0.4) is 0 Å². The lowest BCUT2D eigenvalue weighted by atomic mass is 9.85. The summed E-state index contributed by atoms with van der Waals surface area (Å²) < 4.78 is 2.22. The van der Waals surface area contributed by atoms with Crippen molar-refractivity contribution in [2.75, 3.05) is 0 Å². The van der Waals surface area contributed by atoms with Gasteiger partial charge in [-0.3, -0.25) is 0 Å². The predicted octanol–water partition coefficient (Wildman–Crippen LogP) is 7.63. The molecule has 4 heteroatoms. The Kier molecular flexibility index (Phi) is 6.33. The van der Waals surface area contributed by atoms with E-state index in [1.807, 2.05) is 30.3 Å². The van der Waals surface area contributed by atoms with Gasteiger partial charge < -0.3 is 0 Å². The first kappa shape index (κ1) is 18.4. The summed E-state index contributed by atoms with van der Waals surface area (Å²) in [6.45, 7) is 0. The molecule has 0 N–H and O–H groups in total. The van der Waals surface area contributed by atoms with Gasteiger partial charge >= 0.3 is 0 Å². The summed E-state index contributed by atoms with van der Waals surface area (Å²) in [5, 5.41) is 14.2. The smallest absolute Gasteiger partial charge is 0.176 e. The molecule has 0 unspecified atom stereocenters. The molecule has 144 valence electrons. The van der Waals surface area contributed by atoms with E-state index in [0.29, 0.717) is 12.0 Å². The highest BCUT2D eigenvalue weighted by molar-refractivity contribution is 5.43. The molecule has 1 aromatic heterocycles. The van der Waals surface area contributed by atoms with Crippen LogP contribution in [0, 0.1) is 0 Å². The monoisotopic (exact) mass is 364 g/mol. The van der Waals surface area contributed by atoms with E-state index >= 15 is 0 Å². The number of hydrogen-bond donors (Lipinski definition) is 0. The number of hydrogen-bond acceptors (Lipinski definition) is 3. The normalized spacial score (nSPS) is 20.6. The second-order valence-corrected chi connectivity index (χ2v) is 8.24. The van der Waals surface area contributed by atoms with Crippen LogP contribution in [0.2, 0.25) is 0 Å². The highest BCUT2D eigenvalue weighted by atomic mass is 15.4. The summed E-state index contributed by atoms with van der Waals surface area (Å²) in [4.78, 5) is 0. The molecule has 2 aliphatic carbocycles. The van der Waals surface area contributed by atoms with Crippen LogP contribution in [-0.2, 0) is 0 Å². The first-order valence-electron chi connectivity index (χ1n) is 11.0. The first-order chi connectivity index (χ1) is 13.4. The Morgan fingerprint density at radius 1 is 0.741 bits per heavy atom. The van der Waals surface area contributed by atoms with Gasteiger partial charge in [-0.25, -0.2) is 4.68 Å². The quantitative estimate of drug-likeness (QED) is 0.514. The lowest BCUT2D eigenvalue weighted by Gasteiger charge is -2.23. The van der Waals surface area contributed by atoms with Crippen molar-refractivity contribution in [1.82, 2.24) is 9.78 Å². The van der Waals surface area contributed by atoms with Crippen LogP contribution in [0.15, 0.2) is 46.8 Å². The summed E-state index contributed by atoms with van der Waals surface area (Å²) in [5.74, 6) is 1.63. The molecular formula is C23H32N4. The zero-order valence-corrected chi connectivity index (χ0v) is 16.4. The van der Waals surface area contributed by atoms with Crippen LogP contribution in [-0.4, -0.2) is 9.78 Å². The van der Waals surface area contributed by atoms with E-state index in [1.165, 1.54) is 82.6 Å². The second-order valence-electron chi connectivity index (χ2n) is 8.24. The van der Waals surface area contributed by atoms with Crippen molar-refractivity contribution in [1.29, 1.82) is 0 Å². The third kappa shape index (κ3) is 4.66. The molecule has 4 rings (SSSR count). The SMILES string of the molecule is c1ccc(N=Nc2c(C3CCCCC3)cnn2C2CCCCCCC2)cc1. The molecule has 0 saturated heterocycles. The number of rotatable bonds is 4. The number of azo groups is 1. The van der Waals surface area contributed by atoms with Crippen LogP contribution in [0.1, 0.15) is 94.6 Å². The maximum atomic E-state index is 4.86. The third-order valence-corrected chi connectivity index (χ3v) is 6.28. The Balaban J connectivity index is 1.65. The minimum absolute atomic E-state index is 0.479. The van der Waals surface area contributed by atoms with Crippen molar-refractivity contribution in [3.8, 4) is 0 Å². The fourth-order valence-corrected chi connectivity index (χ4v) is 4.72. The minimum Gasteiger partial charge on any atom is -0.243 e. The fourth-order valence-electron chi connectivity index (χ4n) is 4.72. The Hall–Kier alpha value is -1.97. The Morgan fingerprint density at radius 3 is 2.11 bits per heavy atom. The van der Waals surface area contributed by atoms with E-state index in [2.05, 4.69) is 16.0 Å². The summed E-state index contributed by atoms with van der Waals surface area (Å²) in [5.41, 5.74) is 2.24. The molecule has 0 amide bonds. The minimum atomic E-state index is 0.479. The Morgan fingerprint density at radius 2 is 1.37 bits per heavy atom. The fraction of sp³-hybridized carbons (Fsp3) is 0.609. The van der Waals surface area contributed by atoms with Gasteiger partial charge in [-0.15, -0.1) is 10.2 Å². The molecule has 0 aliphatic heterocycles. The van der Waals surface area contributed by atoms with E-state index in [-0.39, 0.29) is 0 Å². The number of nitrogens with zero attached hydrogens (tertiary/aromatic N) is 4. The highest BCUT2D eigenvalue weighted by Crippen LogP contribution is 2.40. The van der Waals surface area contributed by atoms with Crippen LogP contribution in [0.4, 0.5) is 11.5 Å². The molecule has 2 aromatic rings. The molecule has 4 nitrogen and oxygen atoms in total. The maximum Gasteiger partial charge on any atom is 0.176 e. The van der Waals surface area contributed by atoms with E-state index in [1.54, 1.807) is 0 Å². The van der Waals surface area contributed by atoms with Gasteiger partial charge in [-0.1, -0.05) is 69.6 Å². The van der Waals surface area contributed by atoms with E-state index < -0.39 is 0 Å². The van der Waals surface area contributed by atoms with Gasteiger partial charge in [-0.2, -0.15) is 5.10 Å². The van der Waals surface area contributed by atoms with Gasteiger partial charge in [-0.05, 0) is 43.7 Å². The van der Waals surface area contributed by atoms with Gasteiger partial charge in [0.15, 0.2) is 5.82 Å². The Labute approximate surface area is 163 Å². The van der Waals surface area contributed by atoms with Crippen molar-refractivity contribution >= 4 is 11.5 Å². The molecule has 0 bridgehead atoms. The second kappa shape index (κ2) is 9.29.